The van der Waals surface area contributed by atoms with Crippen LogP contribution in [0.4, 0.5) is 0 Å². The van der Waals surface area contributed by atoms with E-state index < -0.39 is 0 Å². The van der Waals surface area contributed by atoms with Crippen molar-refractivity contribution < 1.29 is 0 Å². The third-order valence-corrected chi connectivity index (χ3v) is 2.61. The highest BCUT2D eigenvalue weighted by Crippen LogP contribution is 2.40. The van der Waals surface area contributed by atoms with Crippen LogP contribution in [0.1, 0.15) is 24.4 Å². The molecule has 2 N–H and O–H groups in total. The summed E-state index contributed by atoms with van der Waals surface area (Å²) in [5, 5.41) is 0.692. The average molecular weight is 219 g/mol. The number of nitrogens with two attached hydrogens (primary N) is 1. The number of hydrogen-bond acceptors (Lipinski definition) is 2. The highest BCUT2D eigenvalue weighted by atomic mass is 35.5. The van der Waals surface area contributed by atoms with Crippen molar-refractivity contribution in [3.05, 3.63) is 29.0 Å². The molecule has 1 aromatic heterocycles. The maximum Gasteiger partial charge on any atom is 0.0637 e. The Bertz CT molecular complexity index is 287. The molecular weight excluding hydrogens is 207 g/mol. The van der Waals surface area contributed by atoms with Gasteiger partial charge < -0.3 is 5.73 Å². The van der Waals surface area contributed by atoms with Gasteiger partial charge in [-0.15, -0.1) is 12.4 Å². The number of nitrogens with zero attached hydrogens (tertiary/aromatic N) is 1. The predicted octanol–water partition coefficient (Wildman–Crippen LogP) is 2.57. The standard InChI is InChI=1S/C9H11ClN2.ClH/c10-8-5-12-4-3-7(8)9(11)6-1-2-6;/h3-6,9H,1-2,11H2;1H/t9-;/m0./s1. The zero-order valence-corrected chi connectivity index (χ0v) is 8.68. The second-order valence-electron chi connectivity index (χ2n) is 3.26. The zero-order valence-electron chi connectivity index (χ0n) is 7.11. The Morgan fingerprint density at radius 1 is 1.54 bits per heavy atom. The van der Waals surface area contributed by atoms with Gasteiger partial charge in [0.1, 0.15) is 0 Å². The van der Waals surface area contributed by atoms with Gasteiger partial charge in [0.2, 0.25) is 0 Å². The topological polar surface area (TPSA) is 38.9 Å². The van der Waals surface area contributed by atoms with Gasteiger partial charge in [0.15, 0.2) is 0 Å². The number of pyridine rings is 1. The smallest absolute Gasteiger partial charge is 0.0637 e. The molecule has 0 saturated heterocycles. The Balaban J connectivity index is 0.000000845. The van der Waals surface area contributed by atoms with Gasteiger partial charge in [-0.3, -0.25) is 4.98 Å². The van der Waals surface area contributed by atoms with E-state index in [9.17, 15) is 0 Å². The van der Waals surface area contributed by atoms with E-state index in [1.165, 1.54) is 12.8 Å². The van der Waals surface area contributed by atoms with Gasteiger partial charge in [-0.25, -0.2) is 0 Å². The van der Waals surface area contributed by atoms with Crippen molar-refractivity contribution in [2.45, 2.75) is 18.9 Å². The second-order valence-corrected chi connectivity index (χ2v) is 3.67. The summed E-state index contributed by atoms with van der Waals surface area (Å²) in [7, 11) is 0. The minimum atomic E-state index is 0. The first-order valence-corrected chi connectivity index (χ1v) is 4.52. The first kappa shape index (κ1) is 10.8. The molecule has 0 amide bonds. The monoisotopic (exact) mass is 218 g/mol. The van der Waals surface area contributed by atoms with Crippen molar-refractivity contribution in [1.29, 1.82) is 0 Å². The maximum atomic E-state index is 5.99. The van der Waals surface area contributed by atoms with Crippen molar-refractivity contribution in [3.8, 4) is 0 Å². The lowest BCUT2D eigenvalue weighted by Gasteiger charge is -2.11. The summed E-state index contributed by atoms with van der Waals surface area (Å²) >= 11 is 5.95. The summed E-state index contributed by atoms with van der Waals surface area (Å²) in [6.07, 6.45) is 5.86. The fourth-order valence-electron chi connectivity index (χ4n) is 1.37. The molecule has 13 heavy (non-hydrogen) atoms. The van der Waals surface area contributed by atoms with E-state index in [4.69, 9.17) is 17.3 Å². The first-order valence-electron chi connectivity index (χ1n) is 4.14. The molecular formula is C9H12Cl2N2. The molecule has 1 heterocycles. The molecule has 0 spiro atoms. The Labute approximate surface area is 88.9 Å². The van der Waals surface area contributed by atoms with E-state index >= 15 is 0 Å². The highest BCUT2D eigenvalue weighted by molar-refractivity contribution is 6.31. The molecule has 0 unspecified atom stereocenters. The van der Waals surface area contributed by atoms with Crippen LogP contribution in [-0.2, 0) is 0 Å². The van der Waals surface area contributed by atoms with E-state index in [-0.39, 0.29) is 18.4 Å². The molecule has 0 bridgehead atoms. The number of hydrogen-bond donors (Lipinski definition) is 1. The molecule has 0 radical (unpaired) electrons. The SMILES string of the molecule is Cl.N[C@H](c1ccncc1Cl)C1CC1. The van der Waals surface area contributed by atoms with Crippen LogP contribution >= 0.6 is 24.0 Å². The third kappa shape index (κ3) is 2.33. The molecule has 2 nitrogen and oxygen atoms in total. The molecule has 0 aliphatic heterocycles. The lowest BCUT2D eigenvalue weighted by molar-refractivity contribution is 0.633. The molecule has 1 saturated carbocycles. The molecule has 2 rings (SSSR count). The van der Waals surface area contributed by atoms with E-state index in [0.29, 0.717) is 10.9 Å². The van der Waals surface area contributed by atoms with Gasteiger partial charge in [-0.05, 0) is 30.4 Å². The lowest BCUT2D eigenvalue weighted by Crippen LogP contribution is -2.12. The van der Waals surface area contributed by atoms with Crippen LogP contribution in [0.5, 0.6) is 0 Å². The van der Waals surface area contributed by atoms with Gasteiger partial charge >= 0.3 is 0 Å². The highest BCUT2D eigenvalue weighted by Gasteiger charge is 2.30. The van der Waals surface area contributed by atoms with Crippen LogP contribution in [0.25, 0.3) is 0 Å². The number of halogens is 2. The van der Waals surface area contributed by atoms with E-state index in [2.05, 4.69) is 4.98 Å². The fourth-order valence-corrected chi connectivity index (χ4v) is 1.61. The van der Waals surface area contributed by atoms with E-state index in [1.807, 2.05) is 6.07 Å². The van der Waals surface area contributed by atoms with Crippen molar-refractivity contribution in [2.75, 3.05) is 0 Å². The summed E-state index contributed by atoms with van der Waals surface area (Å²) in [6.45, 7) is 0. The molecule has 1 aliphatic rings. The van der Waals surface area contributed by atoms with E-state index in [1.54, 1.807) is 12.4 Å². The zero-order chi connectivity index (χ0) is 8.55. The fraction of sp³-hybridized carbons (Fsp3) is 0.444. The average Bonchev–Trinajstić information content (AvgIpc) is 2.86. The first-order chi connectivity index (χ1) is 5.79. The molecule has 1 aliphatic carbocycles. The second kappa shape index (κ2) is 4.27. The minimum absolute atomic E-state index is 0. The molecule has 0 aromatic carbocycles. The van der Waals surface area contributed by atoms with E-state index in [0.717, 1.165) is 5.56 Å². The summed E-state index contributed by atoms with van der Waals surface area (Å²) in [4.78, 5) is 3.92. The molecule has 1 fully saturated rings. The molecule has 72 valence electrons. The normalized spacial score (nSPS) is 17.7. The number of aromatic nitrogens is 1. The number of rotatable bonds is 2. The van der Waals surface area contributed by atoms with Gasteiger partial charge in [0, 0.05) is 18.4 Å². The summed E-state index contributed by atoms with van der Waals surface area (Å²) in [6, 6.07) is 2.02. The Morgan fingerprint density at radius 2 is 2.23 bits per heavy atom. The predicted molar refractivity (Wildman–Crippen MR) is 56.1 cm³/mol. The van der Waals surface area contributed by atoms with Crippen molar-refractivity contribution >= 4 is 24.0 Å². The van der Waals surface area contributed by atoms with Crippen LogP contribution in [-0.4, -0.2) is 4.98 Å². The quantitative estimate of drug-likeness (QED) is 0.830. The van der Waals surface area contributed by atoms with Gasteiger partial charge in [0.05, 0.1) is 5.02 Å². The summed E-state index contributed by atoms with van der Waals surface area (Å²) in [5.41, 5.74) is 7.03. The maximum absolute atomic E-state index is 5.99. The van der Waals surface area contributed by atoms with Crippen LogP contribution in [0.15, 0.2) is 18.5 Å². The van der Waals surface area contributed by atoms with Crippen LogP contribution in [0, 0.1) is 5.92 Å². The summed E-state index contributed by atoms with van der Waals surface area (Å²) in [5.74, 6) is 0.643. The van der Waals surface area contributed by atoms with Gasteiger partial charge in [-0.1, -0.05) is 11.6 Å². The van der Waals surface area contributed by atoms with Crippen molar-refractivity contribution in [3.63, 3.8) is 0 Å². The van der Waals surface area contributed by atoms with Gasteiger partial charge in [0.25, 0.3) is 0 Å². The summed E-state index contributed by atoms with van der Waals surface area (Å²) < 4.78 is 0. The third-order valence-electron chi connectivity index (χ3n) is 2.29. The Hall–Kier alpha value is -0.310. The van der Waals surface area contributed by atoms with Crippen LogP contribution in [0.2, 0.25) is 5.02 Å². The largest absolute Gasteiger partial charge is 0.324 e. The Kier molecular flexibility index (Phi) is 3.54. The Morgan fingerprint density at radius 3 is 2.77 bits per heavy atom. The minimum Gasteiger partial charge on any atom is -0.324 e. The van der Waals surface area contributed by atoms with Crippen molar-refractivity contribution in [2.24, 2.45) is 11.7 Å². The van der Waals surface area contributed by atoms with Crippen LogP contribution in [0.3, 0.4) is 0 Å². The molecule has 1 atom stereocenters. The lowest BCUT2D eigenvalue weighted by atomic mass is 10.1. The van der Waals surface area contributed by atoms with Crippen LogP contribution < -0.4 is 5.73 Å². The van der Waals surface area contributed by atoms with Crippen molar-refractivity contribution in [1.82, 2.24) is 4.98 Å². The molecule has 4 heteroatoms. The van der Waals surface area contributed by atoms with Gasteiger partial charge in [-0.2, -0.15) is 0 Å². The molecule has 1 aromatic rings.